The molecule has 182 valence electrons. The normalized spacial score (nSPS) is 30.2. The Hall–Kier alpha value is -3.39. The van der Waals surface area contributed by atoms with Crippen LogP contribution in [0.5, 0.6) is 0 Å². The van der Waals surface area contributed by atoms with Crippen LogP contribution in [0.3, 0.4) is 0 Å². The molecule has 3 unspecified atom stereocenters. The van der Waals surface area contributed by atoms with Gasteiger partial charge in [-0.2, -0.15) is 0 Å². The second-order valence-corrected chi connectivity index (χ2v) is 10.2. The first-order valence-electron chi connectivity index (χ1n) is 12.2. The largest absolute Gasteiger partial charge is 0.479 e. The summed E-state index contributed by atoms with van der Waals surface area (Å²) in [7, 11) is 0. The highest BCUT2D eigenvalue weighted by molar-refractivity contribution is 5.88. The van der Waals surface area contributed by atoms with Crippen molar-refractivity contribution in [1.29, 1.82) is 0 Å². The van der Waals surface area contributed by atoms with Crippen LogP contribution in [0.15, 0.2) is 48.5 Å². The fourth-order valence-electron chi connectivity index (χ4n) is 6.39. The lowest BCUT2D eigenvalue weighted by Gasteiger charge is -2.22. The number of benzene rings is 2. The van der Waals surface area contributed by atoms with Gasteiger partial charge in [0.25, 0.3) is 0 Å². The van der Waals surface area contributed by atoms with Crippen LogP contribution in [0.25, 0.3) is 11.1 Å². The minimum Gasteiger partial charge on any atom is -0.479 e. The molecule has 0 spiro atoms. The summed E-state index contributed by atoms with van der Waals surface area (Å²) in [4.78, 5) is 37.0. The number of nitrogens with one attached hydrogen (secondary N) is 2. The van der Waals surface area contributed by atoms with Crippen molar-refractivity contribution in [2.75, 3.05) is 13.2 Å². The summed E-state index contributed by atoms with van der Waals surface area (Å²) in [6.07, 6.45) is 1.06. The highest BCUT2D eigenvalue weighted by atomic mass is 16.5. The molecule has 0 bridgehead atoms. The third-order valence-electron chi connectivity index (χ3n) is 8.18. The Balaban J connectivity index is 1.04. The number of fused-ring (bicyclic) bond motifs is 4. The zero-order chi connectivity index (χ0) is 24.2. The van der Waals surface area contributed by atoms with Gasteiger partial charge in [0.05, 0.1) is 11.5 Å². The molecule has 2 amide bonds. The zero-order valence-electron chi connectivity index (χ0n) is 19.2. The Bertz CT molecular complexity index is 1150. The molecule has 4 aliphatic rings. The highest BCUT2D eigenvalue weighted by Gasteiger charge is 2.65. The van der Waals surface area contributed by atoms with Crippen LogP contribution >= 0.6 is 0 Å². The van der Waals surface area contributed by atoms with E-state index in [4.69, 9.17) is 9.47 Å². The van der Waals surface area contributed by atoms with E-state index in [9.17, 15) is 19.5 Å². The first-order valence-corrected chi connectivity index (χ1v) is 12.2. The maximum absolute atomic E-state index is 13.0. The SMILES string of the molecule is O=C(NC1CC2CC2(C(=O)N[C@H]2CCO[C@H]2C(=O)O)C1)OCC1c2ccccc2-c2ccccc21. The molecule has 1 heterocycles. The zero-order valence-corrected chi connectivity index (χ0v) is 19.2. The van der Waals surface area contributed by atoms with Crippen molar-refractivity contribution in [2.45, 2.75) is 49.8 Å². The summed E-state index contributed by atoms with van der Waals surface area (Å²) in [6.45, 7) is 0.574. The number of carboxylic acids is 1. The second kappa shape index (κ2) is 8.37. The monoisotopic (exact) mass is 476 g/mol. The molecular formula is C27H28N2O6. The average Bonchev–Trinajstić information content (AvgIpc) is 3.17. The van der Waals surface area contributed by atoms with Gasteiger partial charge in [-0.25, -0.2) is 9.59 Å². The maximum atomic E-state index is 13.0. The fraction of sp³-hybridized carbons (Fsp3) is 0.444. The Morgan fingerprint density at radius 2 is 1.69 bits per heavy atom. The molecule has 0 radical (unpaired) electrons. The third-order valence-corrected chi connectivity index (χ3v) is 8.18. The molecule has 2 aromatic rings. The van der Waals surface area contributed by atoms with E-state index in [-0.39, 0.29) is 30.4 Å². The number of carbonyl (C=O) groups is 3. The summed E-state index contributed by atoms with van der Waals surface area (Å²) in [5, 5.41) is 15.1. The number of hydrogen-bond donors (Lipinski definition) is 3. The molecule has 3 N–H and O–H groups in total. The standard InChI is InChI=1S/C27H28N2O6/c30-24(31)23-22(9-10-34-23)29-25(32)27-12-15(27)11-16(13-27)28-26(33)35-14-21-19-7-3-1-5-17(19)18-6-2-4-8-20(18)21/h1-8,15-16,21-23H,9-14H2,(H,28,33)(H,29,32)(H,30,31)/t15?,16?,22-,23+,27?/m0/s1. The van der Waals surface area contributed by atoms with Gasteiger partial charge in [-0.05, 0) is 53.9 Å². The molecule has 5 atom stereocenters. The summed E-state index contributed by atoms with van der Waals surface area (Å²) in [6, 6.07) is 15.8. The number of alkyl carbamates (subject to hydrolysis) is 1. The van der Waals surface area contributed by atoms with E-state index in [1.54, 1.807) is 0 Å². The minimum absolute atomic E-state index is 0.00179. The fourth-order valence-corrected chi connectivity index (χ4v) is 6.39. The minimum atomic E-state index is -1.06. The lowest BCUT2D eigenvalue weighted by Crippen LogP contribution is -2.47. The van der Waals surface area contributed by atoms with E-state index in [1.165, 1.54) is 11.1 Å². The molecule has 3 fully saturated rings. The first kappa shape index (κ1) is 22.1. The Kier molecular flexibility index (Phi) is 5.29. The number of ether oxygens (including phenoxy) is 2. The van der Waals surface area contributed by atoms with Crippen molar-refractivity contribution in [3.8, 4) is 11.1 Å². The summed E-state index contributed by atoms with van der Waals surface area (Å²) in [5.74, 6) is -0.981. The van der Waals surface area contributed by atoms with Crippen molar-refractivity contribution in [2.24, 2.45) is 11.3 Å². The predicted octanol–water partition coefficient (Wildman–Crippen LogP) is 3.05. The second-order valence-electron chi connectivity index (χ2n) is 10.2. The van der Waals surface area contributed by atoms with Crippen LogP contribution in [-0.4, -0.2) is 54.5 Å². The van der Waals surface area contributed by atoms with Crippen molar-refractivity contribution in [3.63, 3.8) is 0 Å². The van der Waals surface area contributed by atoms with Crippen LogP contribution in [0, 0.1) is 11.3 Å². The maximum Gasteiger partial charge on any atom is 0.407 e. The number of carbonyl (C=O) groups excluding carboxylic acids is 2. The van der Waals surface area contributed by atoms with Crippen LogP contribution in [0.1, 0.15) is 42.7 Å². The summed E-state index contributed by atoms with van der Waals surface area (Å²) in [5.41, 5.74) is 4.16. The van der Waals surface area contributed by atoms with Crippen molar-refractivity contribution in [1.82, 2.24) is 10.6 Å². The van der Waals surface area contributed by atoms with Crippen LogP contribution in [0.2, 0.25) is 0 Å². The number of aliphatic carboxylic acids is 1. The predicted molar refractivity (Wildman–Crippen MR) is 126 cm³/mol. The Morgan fingerprint density at radius 3 is 2.37 bits per heavy atom. The summed E-state index contributed by atoms with van der Waals surface area (Å²) >= 11 is 0. The summed E-state index contributed by atoms with van der Waals surface area (Å²) < 4.78 is 10.9. The van der Waals surface area contributed by atoms with Crippen LogP contribution in [0.4, 0.5) is 4.79 Å². The third kappa shape index (κ3) is 3.76. The van der Waals surface area contributed by atoms with Gasteiger partial charge in [0.15, 0.2) is 6.10 Å². The van der Waals surface area contributed by atoms with E-state index < -0.39 is 29.6 Å². The van der Waals surface area contributed by atoms with E-state index in [0.717, 1.165) is 24.0 Å². The van der Waals surface area contributed by atoms with Gasteiger partial charge in [0.2, 0.25) is 5.91 Å². The van der Waals surface area contributed by atoms with Gasteiger partial charge in [-0.3, -0.25) is 4.79 Å². The molecule has 3 aliphatic carbocycles. The quantitative estimate of drug-likeness (QED) is 0.591. The molecule has 2 saturated carbocycles. The van der Waals surface area contributed by atoms with E-state index in [1.807, 2.05) is 24.3 Å². The van der Waals surface area contributed by atoms with Crippen LogP contribution in [-0.2, 0) is 19.1 Å². The average molecular weight is 477 g/mol. The van der Waals surface area contributed by atoms with Gasteiger partial charge in [-0.15, -0.1) is 0 Å². The molecule has 35 heavy (non-hydrogen) atoms. The Morgan fingerprint density at radius 1 is 1.00 bits per heavy atom. The van der Waals surface area contributed by atoms with E-state index >= 15 is 0 Å². The van der Waals surface area contributed by atoms with Gasteiger partial charge < -0.3 is 25.2 Å². The van der Waals surface area contributed by atoms with Crippen molar-refractivity contribution in [3.05, 3.63) is 59.7 Å². The topological polar surface area (TPSA) is 114 Å². The number of rotatable bonds is 6. The number of amides is 2. The van der Waals surface area contributed by atoms with Gasteiger partial charge in [-0.1, -0.05) is 48.5 Å². The molecule has 1 saturated heterocycles. The molecule has 0 aromatic heterocycles. The number of hydrogen-bond acceptors (Lipinski definition) is 5. The molecule has 6 rings (SSSR count). The number of carboxylic acid groups (broad SMARTS) is 1. The highest BCUT2D eigenvalue weighted by Crippen LogP contribution is 2.63. The Labute approximate surface area is 203 Å². The van der Waals surface area contributed by atoms with Crippen molar-refractivity contribution < 1.29 is 29.0 Å². The molecule has 8 nitrogen and oxygen atoms in total. The van der Waals surface area contributed by atoms with Crippen LogP contribution < -0.4 is 10.6 Å². The van der Waals surface area contributed by atoms with Gasteiger partial charge >= 0.3 is 12.1 Å². The lowest BCUT2D eigenvalue weighted by atomic mass is 9.98. The first-order chi connectivity index (χ1) is 17.0. The molecule has 2 aromatic carbocycles. The lowest BCUT2D eigenvalue weighted by molar-refractivity contribution is -0.148. The van der Waals surface area contributed by atoms with E-state index in [2.05, 4.69) is 34.9 Å². The van der Waals surface area contributed by atoms with Gasteiger partial charge in [0, 0.05) is 18.6 Å². The van der Waals surface area contributed by atoms with Gasteiger partial charge in [0.1, 0.15) is 6.61 Å². The van der Waals surface area contributed by atoms with Crippen molar-refractivity contribution >= 4 is 18.0 Å². The molecule has 8 heteroatoms. The molecule has 1 aliphatic heterocycles. The van der Waals surface area contributed by atoms with E-state index in [0.29, 0.717) is 19.4 Å². The smallest absolute Gasteiger partial charge is 0.407 e. The molecular weight excluding hydrogens is 448 g/mol.